The molecule has 9 heteroatoms. The van der Waals surface area contributed by atoms with Crippen molar-refractivity contribution < 1.29 is 14.3 Å². The Bertz CT molecular complexity index is 1080. The number of ether oxygens (including phenoxy) is 2. The van der Waals surface area contributed by atoms with Gasteiger partial charge in [-0.1, -0.05) is 11.6 Å². The van der Waals surface area contributed by atoms with Gasteiger partial charge in [-0.05, 0) is 38.1 Å². The Hall–Kier alpha value is -2.84. The molecule has 3 heterocycles. The van der Waals surface area contributed by atoms with Crippen molar-refractivity contribution in [1.82, 2.24) is 14.6 Å². The highest BCUT2D eigenvalue weighted by Crippen LogP contribution is 2.38. The highest BCUT2D eigenvalue weighted by atomic mass is 35.5. The van der Waals surface area contributed by atoms with E-state index in [-0.39, 0.29) is 5.91 Å². The number of carbonyl (C=O) groups excluding carboxylic acids is 1. The molecule has 1 saturated heterocycles. The second-order valence-electron chi connectivity index (χ2n) is 6.99. The zero-order valence-corrected chi connectivity index (χ0v) is 16.5. The number of methoxy groups -OCH3 is 1. The van der Waals surface area contributed by atoms with Crippen molar-refractivity contribution in [2.24, 2.45) is 0 Å². The van der Waals surface area contributed by atoms with E-state index in [0.717, 1.165) is 11.3 Å². The average molecular weight is 402 g/mol. The normalized spacial score (nSPS) is 16.6. The molecular weight excluding hydrogens is 382 g/mol. The zero-order chi connectivity index (χ0) is 20.1. The van der Waals surface area contributed by atoms with Crippen molar-refractivity contribution >= 4 is 34.5 Å². The summed E-state index contributed by atoms with van der Waals surface area (Å²) >= 11 is 6.35. The van der Waals surface area contributed by atoms with Gasteiger partial charge in [-0.15, -0.1) is 0 Å². The maximum atomic E-state index is 12.9. The van der Waals surface area contributed by atoms with Gasteiger partial charge >= 0.3 is 0 Å². The number of halogens is 1. The van der Waals surface area contributed by atoms with Crippen LogP contribution in [0.25, 0.3) is 16.8 Å². The number of rotatable bonds is 3. The van der Waals surface area contributed by atoms with Gasteiger partial charge in [-0.25, -0.2) is 9.50 Å². The minimum atomic E-state index is -0.897. The lowest BCUT2D eigenvalue weighted by atomic mass is 10.0. The number of carbonyl (C=O) groups is 1. The Morgan fingerprint density at radius 3 is 2.86 bits per heavy atom. The molecular formula is C19H20ClN5O3. The molecule has 1 aromatic carbocycles. The van der Waals surface area contributed by atoms with Crippen LogP contribution in [0, 0.1) is 0 Å². The van der Waals surface area contributed by atoms with Crippen LogP contribution in [-0.4, -0.2) is 46.4 Å². The smallest absolute Gasteiger partial charge is 0.258 e. The van der Waals surface area contributed by atoms with Crippen LogP contribution >= 0.6 is 11.6 Å². The lowest BCUT2D eigenvalue weighted by Gasteiger charge is -2.37. The first-order chi connectivity index (χ1) is 13.3. The van der Waals surface area contributed by atoms with Crippen molar-refractivity contribution in [2.45, 2.75) is 19.4 Å². The maximum Gasteiger partial charge on any atom is 0.258 e. The monoisotopic (exact) mass is 401 g/mol. The number of fused-ring (bicyclic) bond motifs is 1. The molecule has 2 aromatic heterocycles. The van der Waals surface area contributed by atoms with Crippen LogP contribution in [0.3, 0.4) is 0 Å². The van der Waals surface area contributed by atoms with Gasteiger partial charge in [0.1, 0.15) is 23.2 Å². The van der Waals surface area contributed by atoms with E-state index in [0.29, 0.717) is 40.9 Å². The molecule has 0 spiro atoms. The minimum Gasteiger partial charge on any atom is -0.495 e. The van der Waals surface area contributed by atoms with Gasteiger partial charge in [0.25, 0.3) is 5.91 Å². The Labute approximate surface area is 166 Å². The van der Waals surface area contributed by atoms with E-state index in [1.54, 1.807) is 36.4 Å². The fraction of sp³-hybridized carbons (Fsp3) is 0.316. The number of hydrogen-bond acceptors (Lipinski definition) is 6. The van der Waals surface area contributed by atoms with E-state index in [2.05, 4.69) is 10.1 Å². The Kier molecular flexibility index (Phi) is 4.40. The summed E-state index contributed by atoms with van der Waals surface area (Å²) in [7, 11) is 1.58. The van der Waals surface area contributed by atoms with E-state index in [1.807, 2.05) is 18.2 Å². The van der Waals surface area contributed by atoms with Crippen molar-refractivity contribution in [3.05, 3.63) is 35.6 Å². The second kappa shape index (κ2) is 6.65. The first kappa shape index (κ1) is 18.5. The summed E-state index contributed by atoms with van der Waals surface area (Å²) in [4.78, 5) is 18.6. The molecule has 1 fully saturated rings. The Morgan fingerprint density at radius 2 is 2.11 bits per heavy atom. The summed E-state index contributed by atoms with van der Waals surface area (Å²) < 4.78 is 12.8. The molecule has 8 nitrogen and oxygen atoms in total. The lowest BCUT2D eigenvalue weighted by Crippen LogP contribution is -2.53. The highest BCUT2D eigenvalue weighted by Gasteiger charge is 2.38. The topological polar surface area (TPSA) is 95.0 Å². The molecule has 0 aliphatic carbocycles. The van der Waals surface area contributed by atoms with Crippen LogP contribution in [0.5, 0.6) is 5.75 Å². The molecule has 146 valence electrons. The molecule has 0 unspecified atom stereocenters. The second-order valence-corrected chi connectivity index (χ2v) is 7.39. The number of benzene rings is 1. The number of aromatic nitrogens is 3. The van der Waals surface area contributed by atoms with Gasteiger partial charge in [0.05, 0.1) is 30.1 Å². The van der Waals surface area contributed by atoms with Gasteiger partial charge in [-0.2, -0.15) is 5.10 Å². The van der Waals surface area contributed by atoms with Crippen LogP contribution in [0.2, 0.25) is 5.02 Å². The lowest BCUT2D eigenvalue weighted by molar-refractivity contribution is -0.144. The SMILES string of the molecule is COc1ccc(-c2cc(Cl)c3c(N)ncnn23)cc1N1CCOC(C)(C)C1=O. The van der Waals surface area contributed by atoms with Crippen LogP contribution in [0.4, 0.5) is 11.5 Å². The largest absolute Gasteiger partial charge is 0.495 e. The Morgan fingerprint density at radius 1 is 1.32 bits per heavy atom. The molecule has 3 aromatic rings. The van der Waals surface area contributed by atoms with Crippen molar-refractivity contribution in [3.8, 4) is 17.0 Å². The zero-order valence-electron chi connectivity index (χ0n) is 15.8. The third-order valence-corrected chi connectivity index (χ3v) is 5.13. The quantitative estimate of drug-likeness (QED) is 0.725. The van der Waals surface area contributed by atoms with Gasteiger partial charge < -0.3 is 20.1 Å². The van der Waals surface area contributed by atoms with E-state index < -0.39 is 5.60 Å². The number of nitrogen functional groups attached to an aromatic ring is 1. The van der Waals surface area contributed by atoms with Gasteiger partial charge in [0.2, 0.25) is 0 Å². The number of hydrogen-bond donors (Lipinski definition) is 1. The molecule has 1 amide bonds. The van der Waals surface area contributed by atoms with Crippen LogP contribution in [0.1, 0.15) is 13.8 Å². The predicted molar refractivity (Wildman–Crippen MR) is 107 cm³/mol. The van der Waals surface area contributed by atoms with Crippen LogP contribution < -0.4 is 15.4 Å². The molecule has 0 saturated carbocycles. The first-order valence-corrected chi connectivity index (χ1v) is 9.13. The molecule has 0 bridgehead atoms. The Balaban J connectivity index is 1.87. The van der Waals surface area contributed by atoms with Crippen LogP contribution in [0.15, 0.2) is 30.6 Å². The summed E-state index contributed by atoms with van der Waals surface area (Å²) in [6, 6.07) is 7.36. The molecule has 4 rings (SSSR count). The number of nitrogens with zero attached hydrogens (tertiary/aromatic N) is 4. The van der Waals surface area contributed by atoms with Crippen molar-refractivity contribution in [2.75, 3.05) is 30.9 Å². The van der Waals surface area contributed by atoms with E-state index >= 15 is 0 Å². The maximum absolute atomic E-state index is 12.9. The number of anilines is 2. The van der Waals surface area contributed by atoms with Gasteiger partial charge in [0, 0.05) is 12.1 Å². The highest BCUT2D eigenvalue weighted by molar-refractivity contribution is 6.35. The number of nitrogens with two attached hydrogens (primary N) is 1. The van der Waals surface area contributed by atoms with E-state index in [1.165, 1.54) is 6.33 Å². The van der Waals surface area contributed by atoms with E-state index in [4.69, 9.17) is 26.8 Å². The molecule has 1 aliphatic heterocycles. The number of morpholine rings is 1. The van der Waals surface area contributed by atoms with Gasteiger partial charge in [0.15, 0.2) is 5.82 Å². The fourth-order valence-corrected chi connectivity index (χ4v) is 3.68. The molecule has 28 heavy (non-hydrogen) atoms. The third kappa shape index (κ3) is 2.85. The van der Waals surface area contributed by atoms with Crippen molar-refractivity contribution in [3.63, 3.8) is 0 Å². The molecule has 0 atom stereocenters. The minimum absolute atomic E-state index is 0.126. The van der Waals surface area contributed by atoms with Gasteiger partial charge in [-0.3, -0.25) is 4.79 Å². The summed E-state index contributed by atoms with van der Waals surface area (Å²) in [5.74, 6) is 0.764. The molecule has 1 aliphatic rings. The molecule has 2 N–H and O–H groups in total. The first-order valence-electron chi connectivity index (χ1n) is 8.75. The third-order valence-electron chi connectivity index (χ3n) is 4.84. The summed E-state index contributed by atoms with van der Waals surface area (Å²) in [5, 5.41) is 4.72. The standard InChI is InChI=1S/C19H20ClN5O3/c1-19(2)18(26)24(6-7-28-19)14-8-11(4-5-15(14)27-3)13-9-12(20)16-17(21)22-10-23-25(13)16/h4-5,8-10H,6-7H2,1-3H3,(H2,21,22,23). The summed E-state index contributed by atoms with van der Waals surface area (Å²) in [6.07, 6.45) is 1.38. The number of amides is 1. The summed E-state index contributed by atoms with van der Waals surface area (Å²) in [6.45, 7) is 4.40. The van der Waals surface area contributed by atoms with Crippen LogP contribution in [-0.2, 0) is 9.53 Å². The predicted octanol–water partition coefficient (Wildman–Crippen LogP) is 2.78. The van der Waals surface area contributed by atoms with E-state index in [9.17, 15) is 4.79 Å². The average Bonchev–Trinajstić information content (AvgIpc) is 3.01. The van der Waals surface area contributed by atoms with Crippen molar-refractivity contribution in [1.29, 1.82) is 0 Å². The summed E-state index contributed by atoms with van der Waals surface area (Å²) in [5.41, 5.74) is 7.80. The molecule has 0 radical (unpaired) electrons. The fourth-order valence-electron chi connectivity index (χ4n) is 3.40.